The average molecular weight is 310 g/mol. The van der Waals surface area contributed by atoms with Crippen molar-refractivity contribution < 1.29 is 4.74 Å². The van der Waals surface area contributed by atoms with Crippen molar-refractivity contribution >= 4 is 5.96 Å². The van der Waals surface area contributed by atoms with E-state index in [0.717, 1.165) is 38.7 Å². The summed E-state index contributed by atoms with van der Waals surface area (Å²) in [6.45, 7) is 9.07. The molecule has 0 bridgehead atoms. The van der Waals surface area contributed by atoms with Gasteiger partial charge in [-0.1, -0.05) is 12.8 Å². The van der Waals surface area contributed by atoms with Crippen LogP contribution in [0.2, 0.25) is 0 Å². The first-order valence-electron chi connectivity index (χ1n) is 8.90. The molecule has 1 saturated heterocycles. The zero-order valence-electron chi connectivity index (χ0n) is 14.7. The Labute approximate surface area is 136 Å². The van der Waals surface area contributed by atoms with E-state index in [1.165, 1.54) is 45.2 Å². The molecule has 1 aliphatic carbocycles. The van der Waals surface area contributed by atoms with Crippen molar-refractivity contribution in [3.63, 3.8) is 0 Å². The number of aliphatic imine (C=N–C) groups is 1. The normalized spacial score (nSPS) is 21.3. The van der Waals surface area contributed by atoms with Gasteiger partial charge in [0, 0.05) is 39.8 Å². The van der Waals surface area contributed by atoms with Gasteiger partial charge in [0.15, 0.2) is 5.96 Å². The van der Waals surface area contributed by atoms with Crippen LogP contribution in [0.1, 0.15) is 39.0 Å². The van der Waals surface area contributed by atoms with Crippen molar-refractivity contribution in [2.24, 2.45) is 10.4 Å². The average Bonchev–Trinajstić information content (AvgIpc) is 3.15. The molecule has 1 aliphatic heterocycles. The van der Waals surface area contributed by atoms with E-state index in [4.69, 9.17) is 9.73 Å². The molecule has 1 heterocycles. The predicted octanol–water partition coefficient (Wildman–Crippen LogP) is 1.80. The summed E-state index contributed by atoms with van der Waals surface area (Å²) < 4.78 is 5.12. The summed E-state index contributed by atoms with van der Waals surface area (Å²) in [6.07, 6.45) is 7.04. The Morgan fingerprint density at radius 3 is 2.73 bits per heavy atom. The highest BCUT2D eigenvalue weighted by Crippen LogP contribution is 2.45. The molecular formula is C17H34N4O. The molecular weight excluding hydrogens is 276 g/mol. The van der Waals surface area contributed by atoms with E-state index in [9.17, 15) is 0 Å². The van der Waals surface area contributed by atoms with Crippen molar-refractivity contribution in [2.75, 3.05) is 60.0 Å². The molecule has 128 valence electrons. The number of nitrogens with one attached hydrogen (secondary N) is 1. The fraction of sp³-hybridized carbons (Fsp3) is 0.941. The molecule has 0 unspecified atom stereocenters. The van der Waals surface area contributed by atoms with Crippen LogP contribution in [0.4, 0.5) is 0 Å². The minimum Gasteiger partial charge on any atom is -0.383 e. The number of ether oxygens (including phenoxy) is 1. The zero-order valence-corrected chi connectivity index (χ0v) is 14.7. The van der Waals surface area contributed by atoms with Crippen LogP contribution < -0.4 is 5.32 Å². The van der Waals surface area contributed by atoms with E-state index >= 15 is 0 Å². The molecule has 2 fully saturated rings. The highest BCUT2D eigenvalue weighted by atomic mass is 16.5. The first-order valence-corrected chi connectivity index (χ1v) is 8.90. The molecule has 2 rings (SSSR count). The van der Waals surface area contributed by atoms with Crippen molar-refractivity contribution in [3.05, 3.63) is 0 Å². The summed E-state index contributed by atoms with van der Waals surface area (Å²) in [5, 5.41) is 3.48. The van der Waals surface area contributed by atoms with E-state index in [1.807, 2.05) is 0 Å². The maximum absolute atomic E-state index is 5.12. The number of likely N-dealkylation sites (N-methyl/N-ethyl adjacent to an activating group) is 1. The SMILES string of the molecule is CCNC(=NCCN(C)CCOC)N1CCC2(CCCC2)C1. The smallest absolute Gasteiger partial charge is 0.193 e. The Morgan fingerprint density at radius 1 is 1.27 bits per heavy atom. The van der Waals surface area contributed by atoms with Crippen LogP contribution >= 0.6 is 0 Å². The second kappa shape index (κ2) is 8.73. The monoisotopic (exact) mass is 310 g/mol. The standard InChI is InChI=1S/C17H34N4O/c1-4-18-16(19-10-12-20(2)13-14-22-3)21-11-9-17(15-21)7-5-6-8-17/h4-15H2,1-3H3,(H,18,19). The second-order valence-electron chi connectivity index (χ2n) is 6.91. The molecule has 1 N–H and O–H groups in total. The Balaban J connectivity index is 1.82. The third-order valence-corrected chi connectivity index (χ3v) is 5.16. The van der Waals surface area contributed by atoms with E-state index in [2.05, 4.69) is 29.1 Å². The Morgan fingerprint density at radius 2 is 2.05 bits per heavy atom. The van der Waals surface area contributed by atoms with Crippen LogP contribution in [0.15, 0.2) is 4.99 Å². The van der Waals surface area contributed by atoms with Gasteiger partial charge in [-0.25, -0.2) is 0 Å². The summed E-state index contributed by atoms with van der Waals surface area (Å²) in [5.41, 5.74) is 0.603. The Hall–Kier alpha value is -0.810. The van der Waals surface area contributed by atoms with Gasteiger partial charge in [-0.05, 0) is 38.6 Å². The fourth-order valence-electron chi connectivity index (χ4n) is 3.76. The lowest BCUT2D eigenvalue weighted by Crippen LogP contribution is -2.41. The lowest BCUT2D eigenvalue weighted by atomic mass is 9.86. The topological polar surface area (TPSA) is 40.1 Å². The van der Waals surface area contributed by atoms with Gasteiger partial charge < -0.3 is 19.9 Å². The van der Waals surface area contributed by atoms with Crippen LogP contribution in [0, 0.1) is 5.41 Å². The third kappa shape index (κ3) is 4.85. The number of hydrogen-bond donors (Lipinski definition) is 1. The van der Waals surface area contributed by atoms with Gasteiger partial charge in [0.05, 0.1) is 13.2 Å². The van der Waals surface area contributed by atoms with Crippen LogP contribution in [0.3, 0.4) is 0 Å². The molecule has 0 aromatic rings. The Bertz CT molecular complexity index is 353. The van der Waals surface area contributed by atoms with E-state index in [1.54, 1.807) is 7.11 Å². The summed E-state index contributed by atoms with van der Waals surface area (Å²) in [4.78, 5) is 9.61. The van der Waals surface area contributed by atoms with Gasteiger partial charge in [-0.3, -0.25) is 4.99 Å². The molecule has 0 aromatic carbocycles. The molecule has 0 atom stereocenters. The van der Waals surface area contributed by atoms with Crippen LogP contribution in [-0.2, 0) is 4.74 Å². The number of methoxy groups -OCH3 is 1. The minimum atomic E-state index is 0.603. The molecule has 0 amide bonds. The molecule has 0 radical (unpaired) electrons. The first-order chi connectivity index (χ1) is 10.7. The highest BCUT2D eigenvalue weighted by Gasteiger charge is 2.41. The number of guanidine groups is 1. The summed E-state index contributed by atoms with van der Waals surface area (Å²) in [7, 11) is 3.88. The lowest BCUT2D eigenvalue weighted by Gasteiger charge is -2.26. The molecule has 5 heteroatoms. The summed E-state index contributed by atoms with van der Waals surface area (Å²) in [6, 6.07) is 0. The van der Waals surface area contributed by atoms with Crippen molar-refractivity contribution in [2.45, 2.75) is 39.0 Å². The van der Waals surface area contributed by atoms with Crippen LogP contribution in [0.25, 0.3) is 0 Å². The summed E-state index contributed by atoms with van der Waals surface area (Å²) in [5.74, 6) is 1.12. The largest absolute Gasteiger partial charge is 0.383 e. The second-order valence-corrected chi connectivity index (χ2v) is 6.91. The molecule has 2 aliphatic rings. The Kier molecular flexibility index (Phi) is 6.96. The van der Waals surface area contributed by atoms with Gasteiger partial charge in [-0.2, -0.15) is 0 Å². The number of nitrogens with zero attached hydrogens (tertiary/aromatic N) is 3. The van der Waals surface area contributed by atoms with Crippen molar-refractivity contribution in [1.29, 1.82) is 0 Å². The summed E-state index contributed by atoms with van der Waals surface area (Å²) >= 11 is 0. The molecule has 1 spiro atoms. The first kappa shape index (κ1) is 17.5. The van der Waals surface area contributed by atoms with Crippen LogP contribution in [-0.4, -0.2) is 75.8 Å². The minimum absolute atomic E-state index is 0.603. The molecule has 0 aromatic heterocycles. The number of hydrogen-bond acceptors (Lipinski definition) is 3. The number of rotatable bonds is 7. The third-order valence-electron chi connectivity index (χ3n) is 5.16. The van der Waals surface area contributed by atoms with E-state index < -0.39 is 0 Å². The van der Waals surface area contributed by atoms with Gasteiger partial charge >= 0.3 is 0 Å². The lowest BCUT2D eigenvalue weighted by molar-refractivity contribution is 0.163. The fourth-order valence-corrected chi connectivity index (χ4v) is 3.76. The molecule has 1 saturated carbocycles. The number of likely N-dealkylation sites (tertiary alicyclic amines) is 1. The zero-order chi connectivity index (χ0) is 15.8. The van der Waals surface area contributed by atoms with Gasteiger partial charge in [0.2, 0.25) is 0 Å². The van der Waals surface area contributed by atoms with Gasteiger partial charge in [-0.15, -0.1) is 0 Å². The van der Waals surface area contributed by atoms with Crippen molar-refractivity contribution in [1.82, 2.24) is 15.1 Å². The quantitative estimate of drug-likeness (QED) is 0.575. The molecule has 22 heavy (non-hydrogen) atoms. The van der Waals surface area contributed by atoms with Gasteiger partial charge in [0.1, 0.15) is 0 Å². The van der Waals surface area contributed by atoms with E-state index in [0.29, 0.717) is 5.41 Å². The predicted molar refractivity (Wildman–Crippen MR) is 92.4 cm³/mol. The van der Waals surface area contributed by atoms with E-state index in [-0.39, 0.29) is 0 Å². The maximum Gasteiger partial charge on any atom is 0.193 e. The molecule has 5 nitrogen and oxygen atoms in total. The maximum atomic E-state index is 5.12. The van der Waals surface area contributed by atoms with Crippen molar-refractivity contribution in [3.8, 4) is 0 Å². The van der Waals surface area contributed by atoms with Crippen LogP contribution in [0.5, 0.6) is 0 Å². The van der Waals surface area contributed by atoms with Gasteiger partial charge in [0.25, 0.3) is 0 Å². The highest BCUT2D eigenvalue weighted by molar-refractivity contribution is 5.80.